The molecule has 0 aliphatic heterocycles. The summed E-state index contributed by atoms with van der Waals surface area (Å²) in [6, 6.07) is 0. The fourth-order valence-electron chi connectivity index (χ4n) is 1.54. The number of Topliss-reactive ketones (excluding diaryl/α,β-unsaturated/α-hetero) is 1. The van der Waals surface area contributed by atoms with Crippen molar-refractivity contribution in [3.05, 3.63) is 0 Å². The highest BCUT2D eigenvalue weighted by Gasteiger charge is 2.21. The maximum Gasteiger partial charge on any atom is 0.207 e. The molecule has 0 aromatic heterocycles. The fraction of sp³-hybridized carbons (Fsp3) is 0.727. The molecule has 1 rings (SSSR count). The maximum absolute atomic E-state index is 11.5. The van der Waals surface area contributed by atoms with Crippen LogP contribution in [0.1, 0.15) is 25.7 Å². The lowest BCUT2D eigenvalue weighted by Gasteiger charge is -2.04. The standard InChI is InChI=1S/C11H18OSi/c1-13(2,3)9-8-11(12)10-6-4-5-7-10/h10H,4-7H2,1-3H3. The van der Waals surface area contributed by atoms with Gasteiger partial charge in [-0.25, -0.2) is 0 Å². The van der Waals surface area contributed by atoms with E-state index in [1.54, 1.807) is 0 Å². The highest BCUT2D eigenvalue weighted by Crippen LogP contribution is 2.25. The predicted molar refractivity (Wildman–Crippen MR) is 58.1 cm³/mol. The molecule has 1 aliphatic carbocycles. The largest absolute Gasteiger partial charge is 0.285 e. The zero-order valence-corrected chi connectivity index (χ0v) is 9.81. The van der Waals surface area contributed by atoms with Crippen molar-refractivity contribution in [1.82, 2.24) is 0 Å². The summed E-state index contributed by atoms with van der Waals surface area (Å²) in [6.45, 7) is 6.51. The van der Waals surface area contributed by atoms with E-state index < -0.39 is 8.07 Å². The predicted octanol–water partition coefficient (Wildman–Crippen LogP) is 2.63. The first-order chi connectivity index (χ1) is 5.99. The number of hydrogen-bond acceptors (Lipinski definition) is 1. The van der Waals surface area contributed by atoms with Gasteiger partial charge in [0.2, 0.25) is 5.78 Å². The Hall–Kier alpha value is -0.553. The first-order valence-electron chi connectivity index (χ1n) is 5.06. The first-order valence-corrected chi connectivity index (χ1v) is 8.56. The van der Waals surface area contributed by atoms with Crippen LogP contribution in [0.4, 0.5) is 0 Å². The molecule has 1 aliphatic rings. The van der Waals surface area contributed by atoms with Gasteiger partial charge in [-0.3, -0.25) is 4.79 Å². The van der Waals surface area contributed by atoms with Crippen molar-refractivity contribution in [1.29, 1.82) is 0 Å². The van der Waals surface area contributed by atoms with Gasteiger partial charge in [0.05, 0.1) is 0 Å². The molecule has 0 aromatic carbocycles. The Balaban J connectivity index is 2.52. The molecule has 0 unspecified atom stereocenters. The molecular formula is C11H18OSi. The smallest absolute Gasteiger partial charge is 0.207 e. The van der Waals surface area contributed by atoms with Gasteiger partial charge in [-0.15, -0.1) is 5.54 Å². The van der Waals surface area contributed by atoms with Crippen molar-refractivity contribution in [2.75, 3.05) is 0 Å². The molecular weight excluding hydrogens is 176 g/mol. The van der Waals surface area contributed by atoms with Gasteiger partial charge in [0.25, 0.3) is 0 Å². The van der Waals surface area contributed by atoms with Gasteiger partial charge in [0.1, 0.15) is 8.07 Å². The van der Waals surface area contributed by atoms with Crippen LogP contribution in [0.2, 0.25) is 19.6 Å². The van der Waals surface area contributed by atoms with Gasteiger partial charge in [0, 0.05) is 5.92 Å². The molecule has 2 heteroatoms. The summed E-state index contributed by atoms with van der Waals surface area (Å²) in [5.74, 6) is 3.30. The monoisotopic (exact) mass is 194 g/mol. The van der Waals surface area contributed by atoms with Gasteiger partial charge in [0.15, 0.2) is 0 Å². The topological polar surface area (TPSA) is 17.1 Å². The Kier molecular flexibility index (Phi) is 3.32. The minimum atomic E-state index is -1.35. The summed E-state index contributed by atoms with van der Waals surface area (Å²) < 4.78 is 0. The van der Waals surface area contributed by atoms with Crippen LogP contribution in [0, 0.1) is 17.4 Å². The third-order valence-electron chi connectivity index (χ3n) is 2.29. The van der Waals surface area contributed by atoms with E-state index in [1.807, 2.05) is 0 Å². The lowest BCUT2D eigenvalue weighted by Crippen LogP contribution is -2.18. The molecule has 1 saturated carbocycles. The molecule has 0 N–H and O–H groups in total. The third-order valence-corrected chi connectivity index (χ3v) is 3.16. The molecule has 0 heterocycles. The van der Waals surface area contributed by atoms with Crippen LogP contribution in [0.3, 0.4) is 0 Å². The minimum absolute atomic E-state index is 0.194. The summed E-state index contributed by atoms with van der Waals surface area (Å²) in [4.78, 5) is 11.5. The zero-order chi connectivity index (χ0) is 9.90. The third kappa shape index (κ3) is 3.78. The first kappa shape index (κ1) is 10.5. The normalized spacial score (nSPS) is 18.1. The van der Waals surface area contributed by atoms with Gasteiger partial charge in [-0.05, 0) is 18.8 Å². The summed E-state index contributed by atoms with van der Waals surface area (Å²) >= 11 is 0. The number of hydrogen-bond donors (Lipinski definition) is 0. The average Bonchev–Trinajstić information content (AvgIpc) is 2.50. The van der Waals surface area contributed by atoms with Crippen molar-refractivity contribution in [2.24, 2.45) is 5.92 Å². The molecule has 0 aromatic rings. The number of carbonyl (C=O) groups excluding carboxylic acids is 1. The van der Waals surface area contributed by atoms with Crippen LogP contribution in [0.25, 0.3) is 0 Å². The Bertz CT molecular complexity index is 245. The Morgan fingerprint density at radius 2 is 1.77 bits per heavy atom. The molecule has 1 nitrogen and oxygen atoms in total. The summed E-state index contributed by atoms with van der Waals surface area (Å²) in [7, 11) is -1.35. The summed E-state index contributed by atoms with van der Waals surface area (Å²) in [5, 5.41) is 0. The van der Waals surface area contributed by atoms with E-state index in [0.717, 1.165) is 12.8 Å². The highest BCUT2D eigenvalue weighted by molar-refractivity contribution is 6.84. The van der Waals surface area contributed by atoms with E-state index in [1.165, 1.54) is 12.8 Å². The van der Waals surface area contributed by atoms with Crippen molar-refractivity contribution in [2.45, 2.75) is 45.3 Å². The van der Waals surface area contributed by atoms with Gasteiger partial charge >= 0.3 is 0 Å². The van der Waals surface area contributed by atoms with Crippen molar-refractivity contribution in [3.8, 4) is 11.5 Å². The minimum Gasteiger partial charge on any atom is -0.285 e. The summed E-state index contributed by atoms with van der Waals surface area (Å²) in [6.07, 6.45) is 4.56. The van der Waals surface area contributed by atoms with Gasteiger partial charge in [-0.2, -0.15) is 0 Å². The molecule has 0 saturated heterocycles. The maximum atomic E-state index is 11.5. The van der Waals surface area contributed by atoms with Crippen LogP contribution >= 0.6 is 0 Å². The van der Waals surface area contributed by atoms with E-state index in [-0.39, 0.29) is 11.7 Å². The van der Waals surface area contributed by atoms with E-state index in [9.17, 15) is 4.79 Å². The van der Waals surface area contributed by atoms with E-state index in [0.29, 0.717) is 0 Å². The van der Waals surface area contributed by atoms with Crippen LogP contribution in [0.15, 0.2) is 0 Å². The molecule has 0 radical (unpaired) electrons. The van der Waals surface area contributed by atoms with Crippen molar-refractivity contribution in [3.63, 3.8) is 0 Å². The molecule has 72 valence electrons. The number of carbonyl (C=O) groups is 1. The van der Waals surface area contributed by atoms with Gasteiger partial charge < -0.3 is 0 Å². The SMILES string of the molecule is C[Si](C)(C)C#CC(=O)C1CCCC1. The van der Waals surface area contributed by atoms with E-state index >= 15 is 0 Å². The summed E-state index contributed by atoms with van der Waals surface area (Å²) in [5.41, 5.74) is 3.14. The Labute approximate surface area is 81.9 Å². The van der Waals surface area contributed by atoms with Crippen molar-refractivity contribution < 1.29 is 4.79 Å². The van der Waals surface area contributed by atoms with E-state index in [4.69, 9.17) is 0 Å². The second kappa shape index (κ2) is 4.10. The van der Waals surface area contributed by atoms with Crippen LogP contribution in [0.5, 0.6) is 0 Å². The quantitative estimate of drug-likeness (QED) is 0.463. The molecule has 13 heavy (non-hydrogen) atoms. The Morgan fingerprint density at radius 1 is 1.23 bits per heavy atom. The van der Waals surface area contributed by atoms with Gasteiger partial charge in [-0.1, -0.05) is 32.5 Å². The highest BCUT2D eigenvalue weighted by atomic mass is 28.3. The fourth-order valence-corrected chi connectivity index (χ4v) is 2.04. The lowest BCUT2D eigenvalue weighted by atomic mass is 10.0. The number of rotatable bonds is 1. The molecule has 1 fully saturated rings. The van der Waals surface area contributed by atoms with Crippen LogP contribution in [-0.4, -0.2) is 13.9 Å². The van der Waals surface area contributed by atoms with Crippen LogP contribution < -0.4 is 0 Å². The lowest BCUT2D eigenvalue weighted by molar-refractivity contribution is -0.117. The number of ketones is 1. The van der Waals surface area contributed by atoms with E-state index in [2.05, 4.69) is 31.1 Å². The average molecular weight is 194 g/mol. The van der Waals surface area contributed by atoms with Crippen LogP contribution in [-0.2, 0) is 4.79 Å². The second-order valence-electron chi connectivity index (χ2n) is 4.85. The molecule has 0 spiro atoms. The molecule has 0 atom stereocenters. The molecule has 0 amide bonds. The molecule has 0 bridgehead atoms. The zero-order valence-electron chi connectivity index (χ0n) is 8.81. The Morgan fingerprint density at radius 3 is 2.23 bits per heavy atom. The second-order valence-corrected chi connectivity index (χ2v) is 9.60. The van der Waals surface area contributed by atoms with Crippen molar-refractivity contribution >= 4 is 13.9 Å².